The predicted molar refractivity (Wildman–Crippen MR) is 97.2 cm³/mol. The van der Waals surface area contributed by atoms with Gasteiger partial charge in [0, 0.05) is 13.0 Å². The second-order valence-corrected chi connectivity index (χ2v) is 7.11. The highest BCUT2D eigenvalue weighted by atomic mass is 16.5. The number of rotatable bonds is 7. The Morgan fingerprint density at radius 3 is 2.65 bits per heavy atom. The third-order valence-corrected chi connectivity index (χ3v) is 4.44. The van der Waals surface area contributed by atoms with Crippen molar-refractivity contribution < 1.29 is 24.2 Å². The van der Waals surface area contributed by atoms with Crippen LogP contribution in [0.2, 0.25) is 0 Å². The fourth-order valence-electron chi connectivity index (χ4n) is 3.11. The molecule has 1 heterocycles. The lowest BCUT2D eigenvalue weighted by molar-refractivity contribution is -0.142. The highest BCUT2D eigenvalue weighted by Gasteiger charge is 2.37. The van der Waals surface area contributed by atoms with E-state index in [9.17, 15) is 19.5 Å². The zero-order valence-corrected chi connectivity index (χ0v) is 15.6. The molecule has 0 radical (unpaired) electrons. The molecule has 0 bridgehead atoms. The number of carbonyl (C=O) groups is 3. The smallest absolute Gasteiger partial charge is 0.326 e. The van der Waals surface area contributed by atoms with Crippen LogP contribution in [0.1, 0.15) is 32.3 Å². The SMILES string of the molecule is COc1ccc(C)cc1N1CC(C(=O)N[C@@H](CC(C)C)C(=O)O)CC1=O. The molecule has 2 atom stereocenters. The summed E-state index contributed by atoms with van der Waals surface area (Å²) in [6.45, 7) is 5.91. The van der Waals surface area contributed by atoms with Gasteiger partial charge in [0.15, 0.2) is 0 Å². The molecule has 7 heteroatoms. The fraction of sp³-hybridized carbons (Fsp3) is 0.526. The molecular formula is C19H26N2O5. The van der Waals surface area contributed by atoms with Gasteiger partial charge in [-0.05, 0) is 37.0 Å². The average molecular weight is 362 g/mol. The normalized spacial score (nSPS) is 18.1. The number of ether oxygens (including phenoxy) is 1. The van der Waals surface area contributed by atoms with E-state index in [4.69, 9.17) is 4.74 Å². The Morgan fingerprint density at radius 2 is 2.08 bits per heavy atom. The van der Waals surface area contributed by atoms with Gasteiger partial charge in [-0.3, -0.25) is 9.59 Å². The Kier molecular flexibility index (Phi) is 6.23. The van der Waals surface area contributed by atoms with Gasteiger partial charge in [0.05, 0.1) is 18.7 Å². The van der Waals surface area contributed by atoms with Crippen molar-refractivity contribution in [2.45, 2.75) is 39.7 Å². The van der Waals surface area contributed by atoms with E-state index in [0.717, 1.165) is 5.56 Å². The average Bonchev–Trinajstić information content (AvgIpc) is 2.95. The molecule has 2 N–H and O–H groups in total. The van der Waals surface area contributed by atoms with Crippen molar-refractivity contribution in [1.29, 1.82) is 0 Å². The maximum Gasteiger partial charge on any atom is 0.326 e. The summed E-state index contributed by atoms with van der Waals surface area (Å²) in [5.74, 6) is -1.52. The van der Waals surface area contributed by atoms with E-state index < -0.39 is 23.8 Å². The van der Waals surface area contributed by atoms with Crippen molar-refractivity contribution in [3.63, 3.8) is 0 Å². The van der Waals surface area contributed by atoms with Crippen LogP contribution in [-0.4, -0.2) is 42.6 Å². The first kappa shape index (κ1) is 19.8. The van der Waals surface area contributed by atoms with Gasteiger partial charge in [-0.2, -0.15) is 0 Å². The van der Waals surface area contributed by atoms with Gasteiger partial charge in [0.2, 0.25) is 11.8 Å². The minimum atomic E-state index is -1.06. The lowest BCUT2D eigenvalue weighted by atomic mass is 10.0. The zero-order valence-electron chi connectivity index (χ0n) is 15.6. The van der Waals surface area contributed by atoms with E-state index in [1.807, 2.05) is 32.9 Å². The molecule has 1 aromatic carbocycles. The first-order valence-corrected chi connectivity index (χ1v) is 8.71. The summed E-state index contributed by atoms with van der Waals surface area (Å²) in [7, 11) is 1.53. The van der Waals surface area contributed by atoms with Gasteiger partial charge in [-0.1, -0.05) is 19.9 Å². The first-order valence-electron chi connectivity index (χ1n) is 8.71. The number of anilines is 1. The molecule has 2 amide bonds. The van der Waals surface area contributed by atoms with Crippen molar-refractivity contribution in [2.75, 3.05) is 18.6 Å². The number of hydrogen-bond donors (Lipinski definition) is 2. The van der Waals surface area contributed by atoms with Crippen LogP contribution in [0.3, 0.4) is 0 Å². The van der Waals surface area contributed by atoms with Crippen molar-refractivity contribution >= 4 is 23.5 Å². The maximum absolute atomic E-state index is 12.5. The molecule has 142 valence electrons. The molecule has 1 aromatic rings. The van der Waals surface area contributed by atoms with E-state index in [1.165, 1.54) is 12.0 Å². The molecule has 0 aliphatic carbocycles. The molecular weight excluding hydrogens is 336 g/mol. The number of carbonyl (C=O) groups excluding carboxylic acids is 2. The number of nitrogens with one attached hydrogen (secondary N) is 1. The number of hydrogen-bond acceptors (Lipinski definition) is 4. The molecule has 0 saturated carbocycles. The number of nitrogens with zero attached hydrogens (tertiary/aromatic N) is 1. The van der Waals surface area contributed by atoms with E-state index in [1.54, 1.807) is 6.07 Å². The van der Waals surface area contributed by atoms with Crippen LogP contribution in [-0.2, 0) is 14.4 Å². The van der Waals surface area contributed by atoms with Crippen molar-refractivity contribution in [1.82, 2.24) is 5.32 Å². The van der Waals surface area contributed by atoms with E-state index in [2.05, 4.69) is 5.32 Å². The summed E-state index contributed by atoms with van der Waals surface area (Å²) in [5.41, 5.74) is 1.61. The molecule has 1 fully saturated rings. The topological polar surface area (TPSA) is 95.9 Å². The Balaban J connectivity index is 2.13. The second-order valence-electron chi connectivity index (χ2n) is 7.11. The lowest BCUT2D eigenvalue weighted by Gasteiger charge is -2.21. The Morgan fingerprint density at radius 1 is 1.38 bits per heavy atom. The summed E-state index contributed by atoms with van der Waals surface area (Å²) in [6, 6.07) is 4.57. The van der Waals surface area contributed by atoms with Crippen LogP contribution >= 0.6 is 0 Å². The van der Waals surface area contributed by atoms with Gasteiger partial charge < -0.3 is 20.1 Å². The highest BCUT2D eigenvalue weighted by Crippen LogP contribution is 2.34. The number of carboxylic acids is 1. The number of carboxylic acid groups (broad SMARTS) is 1. The van der Waals surface area contributed by atoms with Gasteiger partial charge in [0.1, 0.15) is 11.8 Å². The molecule has 1 unspecified atom stereocenters. The minimum absolute atomic E-state index is 0.0525. The van der Waals surface area contributed by atoms with Crippen LogP contribution in [0.15, 0.2) is 18.2 Å². The number of amides is 2. The molecule has 1 aliphatic rings. The third kappa shape index (κ3) is 4.53. The second kappa shape index (κ2) is 8.21. The molecule has 7 nitrogen and oxygen atoms in total. The summed E-state index contributed by atoms with van der Waals surface area (Å²) in [4.78, 5) is 37.8. The quantitative estimate of drug-likeness (QED) is 0.773. The van der Waals surface area contributed by atoms with Crippen LogP contribution in [0, 0.1) is 18.8 Å². The molecule has 26 heavy (non-hydrogen) atoms. The maximum atomic E-state index is 12.5. The Labute approximate surface area is 153 Å². The lowest BCUT2D eigenvalue weighted by Crippen LogP contribution is -2.44. The largest absolute Gasteiger partial charge is 0.495 e. The zero-order chi connectivity index (χ0) is 19.4. The predicted octanol–water partition coefficient (Wildman–Crippen LogP) is 1.97. The Hall–Kier alpha value is -2.57. The summed E-state index contributed by atoms with van der Waals surface area (Å²) in [5, 5.41) is 11.9. The summed E-state index contributed by atoms with van der Waals surface area (Å²) in [6.07, 6.45) is 0.397. The van der Waals surface area contributed by atoms with Crippen molar-refractivity contribution in [2.24, 2.45) is 11.8 Å². The summed E-state index contributed by atoms with van der Waals surface area (Å²) >= 11 is 0. The van der Waals surface area contributed by atoms with Crippen LogP contribution < -0.4 is 15.0 Å². The van der Waals surface area contributed by atoms with Gasteiger partial charge >= 0.3 is 5.97 Å². The van der Waals surface area contributed by atoms with E-state index in [-0.39, 0.29) is 24.8 Å². The molecule has 0 aromatic heterocycles. The molecule has 1 saturated heterocycles. The van der Waals surface area contributed by atoms with Gasteiger partial charge in [0.25, 0.3) is 0 Å². The van der Waals surface area contributed by atoms with Crippen LogP contribution in [0.5, 0.6) is 5.75 Å². The standard InChI is InChI=1S/C19H26N2O5/c1-11(2)7-14(19(24)25)20-18(23)13-9-17(22)21(10-13)15-8-12(3)5-6-16(15)26-4/h5-6,8,11,13-14H,7,9-10H2,1-4H3,(H,20,23)(H,24,25)/t13?,14-/m0/s1. The number of aliphatic carboxylic acids is 1. The fourth-order valence-corrected chi connectivity index (χ4v) is 3.11. The monoisotopic (exact) mass is 362 g/mol. The molecule has 2 rings (SSSR count). The minimum Gasteiger partial charge on any atom is -0.495 e. The van der Waals surface area contributed by atoms with Crippen molar-refractivity contribution in [3.8, 4) is 5.75 Å². The summed E-state index contributed by atoms with van der Waals surface area (Å²) < 4.78 is 5.32. The molecule has 1 aliphatic heterocycles. The Bertz CT molecular complexity index is 701. The highest BCUT2D eigenvalue weighted by molar-refractivity contribution is 6.01. The van der Waals surface area contributed by atoms with Gasteiger partial charge in [-0.25, -0.2) is 4.79 Å². The van der Waals surface area contributed by atoms with Crippen molar-refractivity contribution in [3.05, 3.63) is 23.8 Å². The first-order chi connectivity index (χ1) is 12.2. The number of aryl methyl sites for hydroxylation is 1. The third-order valence-electron chi connectivity index (χ3n) is 4.44. The number of methoxy groups -OCH3 is 1. The van der Waals surface area contributed by atoms with Gasteiger partial charge in [-0.15, -0.1) is 0 Å². The van der Waals surface area contributed by atoms with E-state index >= 15 is 0 Å². The molecule has 0 spiro atoms. The van der Waals surface area contributed by atoms with Crippen LogP contribution in [0.25, 0.3) is 0 Å². The number of benzene rings is 1. The van der Waals surface area contributed by atoms with E-state index in [0.29, 0.717) is 17.9 Å². The van der Waals surface area contributed by atoms with Crippen LogP contribution in [0.4, 0.5) is 5.69 Å².